The average Bonchev–Trinajstić information content (AvgIpc) is 2.63. The molecular formula is C19H23ClN2O3S. The van der Waals surface area contributed by atoms with E-state index in [1.54, 1.807) is 24.3 Å². The third kappa shape index (κ3) is 6.35. The van der Waals surface area contributed by atoms with Crippen molar-refractivity contribution in [3.63, 3.8) is 0 Å². The molecule has 140 valence electrons. The number of carbonyl (C=O) groups excluding carboxylic acids is 1. The van der Waals surface area contributed by atoms with Crippen LogP contribution in [0.4, 0.5) is 5.69 Å². The molecule has 0 saturated carbocycles. The number of halogens is 1. The number of sulfonamides is 1. The lowest BCUT2D eigenvalue weighted by Gasteiger charge is -2.19. The second-order valence-corrected chi connectivity index (χ2v) is 8.51. The van der Waals surface area contributed by atoms with Crippen molar-refractivity contribution in [3.8, 4) is 0 Å². The van der Waals surface area contributed by atoms with Gasteiger partial charge in [-0.25, -0.2) is 8.42 Å². The number of anilines is 1. The molecule has 1 amide bonds. The molecule has 26 heavy (non-hydrogen) atoms. The van der Waals surface area contributed by atoms with Crippen LogP contribution in [0.5, 0.6) is 0 Å². The van der Waals surface area contributed by atoms with Gasteiger partial charge in [-0.15, -0.1) is 0 Å². The summed E-state index contributed by atoms with van der Waals surface area (Å²) in [5.74, 6) is -0.280. The highest BCUT2D eigenvalue weighted by Crippen LogP contribution is 2.15. The Morgan fingerprint density at radius 2 is 1.73 bits per heavy atom. The first kappa shape index (κ1) is 20.3. The summed E-state index contributed by atoms with van der Waals surface area (Å²) >= 11 is 5.83. The van der Waals surface area contributed by atoms with Crippen molar-refractivity contribution in [2.75, 3.05) is 23.7 Å². The molecule has 0 fully saturated rings. The molecule has 0 heterocycles. The number of carbonyl (C=O) groups is 1. The van der Waals surface area contributed by atoms with E-state index in [4.69, 9.17) is 11.6 Å². The number of hydrogen-bond acceptors (Lipinski definition) is 3. The lowest BCUT2D eigenvalue weighted by atomic mass is 10.1. The van der Waals surface area contributed by atoms with Crippen molar-refractivity contribution in [1.29, 1.82) is 0 Å². The Bertz CT molecular complexity index is 808. The van der Waals surface area contributed by atoms with Gasteiger partial charge < -0.3 is 5.32 Å². The largest absolute Gasteiger partial charge is 0.355 e. The average molecular weight is 395 g/mol. The number of nitrogens with zero attached hydrogens (tertiary/aromatic N) is 1. The third-order valence-electron chi connectivity index (χ3n) is 4.00. The molecule has 2 rings (SSSR count). The predicted molar refractivity (Wildman–Crippen MR) is 106 cm³/mol. The van der Waals surface area contributed by atoms with Crippen LogP contribution in [0, 0.1) is 0 Å². The maximum atomic E-state index is 12.3. The zero-order valence-corrected chi connectivity index (χ0v) is 16.3. The maximum Gasteiger partial charge on any atom is 0.236 e. The van der Waals surface area contributed by atoms with E-state index in [0.29, 0.717) is 23.6 Å². The van der Waals surface area contributed by atoms with Crippen LogP contribution >= 0.6 is 11.6 Å². The Labute approximate surface area is 160 Å². The first-order valence-corrected chi connectivity index (χ1v) is 10.4. The molecule has 0 unspecified atom stereocenters. The minimum absolute atomic E-state index is 0.0965. The number of aryl methyl sites for hydroxylation is 1. The second kappa shape index (κ2) is 9.59. The summed E-state index contributed by atoms with van der Waals surface area (Å²) in [6, 6.07) is 16.4. The molecule has 1 N–H and O–H groups in total. The highest BCUT2D eigenvalue weighted by molar-refractivity contribution is 7.92. The van der Waals surface area contributed by atoms with Crippen LogP contribution in [0.3, 0.4) is 0 Å². The molecule has 7 heteroatoms. The number of nitrogens with one attached hydrogen (secondary N) is 1. The van der Waals surface area contributed by atoms with E-state index >= 15 is 0 Å². The van der Waals surface area contributed by atoms with Gasteiger partial charge in [0.05, 0.1) is 11.4 Å². The fraction of sp³-hybridized carbons (Fsp3) is 0.316. The van der Waals surface area contributed by atoms with E-state index in [9.17, 15) is 13.2 Å². The van der Waals surface area contributed by atoms with Crippen LogP contribution in [0.25, 0.3) is 0 Å². The van der Waals surface area contributed by atoms with Gasteiger partial charge in [0, 0.05) is 25.0 Å². The number of para-hydroxylation sites is 1. The molecule has 5 nitrogen and oxygen atoms in total. The van der Waals surface area contributed by atoms with E-state index in [1.165, 1.54) is 11.4 Å². The maximum absolute atomic E-state index is 12.3. The molecule has 0 aliphatic carbocycles. The quantitative estimate of drug-likeness (QED) is 0.709. The zero-order valence-electron chi connectivity index (χ0n) is 14.7. The molecular weight excluding hydrogens is 372 g/mol. The second-order valence-electron chi connectivity index (χ2n) is 5.95. The van der Waals surface area contributed by atoms with Gasteiger partial charge in [0.2, 0.25) is 15.9 Å². The summed E-state index contributed by atoms with van der Waals surface area (Å²) < 4.78 is 25.8. The van der Waals surface area contributed by atoms with Gasteiger partial charge in [-0.2, -0.15) is 0 Å². The van der Waals surface area contributed by atoms with Gasteiger partial charge in [-0.3, -0.25) is 9.10 Å². The van der Waals surface area contributed by atoms with Crippen LogP contribution < -0.4 is 9.62 Å². The van der Waals surface area contributed by atoms with Gasteiger partial charge in [-0.05, 0) is 42.7 Å². The molecule has 2 aromatic carbocycles. The van der Waals surface area contributed by atoms with Crippen molar-refractivity contribution < 1.29 is 13.2 Å². The molecule has 0 aromatic heterocycles. The van der Waals surface area contributed by atoms with Crippen molar-refractivity contribution in [3.05, 3.63) is 65.2 Å². The highest BCUT2D eigenvalue weighted by Gasteiger charge is 2.18. The topological polar surface area (TPSA) is 66.5 Å². The summed E-state index contributed by atoms with van der Waals surface area (Å²) in [5, 5.41) is 3.36. The number of amides is 1. The molecule has 0 saturated heterocycles. The predicted octanol–water partition coefficient (Wildman–Crippen LogP) is 3.25. The minimum Gasteiger partial charge on any atom is -0.355 e. The lowest BCUT2D eigenvalue weighted by molar-refractivity contribution is -0.121. The van der Waals surface area contributed by atoms with Crippen molar-refractivity contribution in [1.82, 2.24) is 5.32 Å². The number of benzene rings is 2. The van der Waals surface area contributed by atoms with Crippen LogP contribution in [-0.2, 0) is 21.2 Å². The molecule has 0 atom stereocenters. The Hall–Kier alpha value is -2.05. The van der Waals surface area contributed by atoms with Crippen LogP contribution in [0.1, 0.15) is 18.4 Å². The monoisotopic (exact) mass is 394 g/mol. The first-order chi connectivity index (χ1) is 12.4. The molecule has 2 aromatic rings. The number of hydrogen-bond donors (Lipinski definition) is 1. The van der Waals surface area contributed by atoms with Gasteiger partial charge in [0.15, 0.2) is 0 Å². The van der Waals surface area contributed by atoms with E-state index in [-0.39, 0.29) is 18.2 Å². The smallest absolute Gasteiger partial charge is 0.236 e. The molecule has 0 spiro atoms. The van der Waals surface area contributed by atoms with E-state index in [1.807, 2.05) is 30.3 Å². The van der Waals surface area contributed by atoms with Gasteiger partial charge >= 0.3 is 0 Å². The van der Waals surface area contributed by atoms with Crippen LogP contribution in [-0.4, -0.2) is 33.7 Å². The fourth-order valence-corrected chi connectivity index (χ4v) is 3.65. The summed E-state index contributed by atoms with van der Waals surface area (Å²) in [4.78, 5) is 11.9. The lowest BCUT2D eigenvalue weighted by Crippen LogP contribution is -2.35. The Kier molecular flexibility index (Phi) is 7.48. The summed E-state index contributed by atoms with van der Waals surface area (Å²) in [6.45, 7) is 0.0965. The molecule has 0 aliphatic heterocycles. The Morgan fingerprint density at radius 3 is 2.38 bits per heavy atom. The Balaban J connectivity index is 1.71. The zero-order chi connectivity index (χ0) is 19.0. The summed E-state index contributed by atoms with van der Waals surface area (Å²) in [6.07, 6.45) is 1.83. The summed E-state index contributed by atoms with van der Waals surface area (Å²) in [7, 11) is -1.96. The van der Waals surface area contributed by atoms with E-state index < -0.39 is 10.0 Å². The normalized spacial score (nSPS) is 11.2. The van der Waals surface area contributed by atoms with Gasteiger partial charge in [0.25, 0.3) is 0 Å². The van der Waals surface area contributed by atoms with Crippen molar-refractivity contribution in [2.24, 2.45) is 0 Å². The van der Waals surface area contributed by atoms with Crippen molar-refractivity contribution >= 4 is 33.2 Å². The van der Waals surface area contributed by atoms with Crippen LogP contribution in [0.2, 0.25) is 5.02 Å². The standard InChI is InChI=1S/C19H23ClN2O3S/c1-22(18-7-3-2-4-8-18)26(24,25)15-14-21-19(23)9-5-6-16-10-12-17(20)13-11-16/h2-4,7-8,10-13H,5-6,9,14-15H2,1H3,(H,21,23). The number of rotatable bonds is 9. The summed E-state index contributed by atoms with van der Waals surface area (Å²) in [5.41, 5.74) is 1.72. The first-order valence-electron chi connectivity index (χ1n) is 8.41. The molecule has 0 radical (unpaired) electrons. The Morgan fingerprint density at radius 1 is 1.08 bits per heavy atom. The highest BCUT2D eigenvalue weighted by atomic mass is 35.5. The SMILES string of the molecule is CN(c1ccccc1)S(=O)(=O)CCNC(=O)CCCc1ccc(Cl)cc1. The minimum atomic E-state index is -3.47. The van der Waals surface area contributed by atoms with Gasteiger partial charge in [0.1, 0.15) is 0 Å². The van der Waals surface area contributed by atoms with Gasteiger partial charge in [-0.1, -0.05) is 41.9 Å². The van der Waals surface area contributed by atoms with E-state index in [0.717, 1.165) is 12.0 Å². The third-order valence-corrected chi connectivity index (χ3v) is 6.02. The molecule has 0 aliphatic rings. The van der Waals surface area contributed by atoms with E-state index in [2.05, 4.69) is 5.32 Å². The fourth-order valence-electron chi connectivity index (χ4n) is 2.45. The molecule has 0 bridgehead atoms. The van der Waals surface area contributed by atoms with Crippen molar-refractivity contribution in [2.45, 2.75) is 19.3 Å². The van der Waals surface area contributed by atoms with Crippen LogP contribution in [0.15, 0.2) is 54.6 Å².